The highest BCUT2D eigenvalue weighted by Crippen LogP contribution is 2.24. The second-order valence-electron chi connectivity index (χ2n) is 4.93. The Bertz CT molecular complexity index is 1010. The van der Waals surface area contributed by atoms with E-state index in [1.54, 1.807) is 35.7 Å². The number of nitrogens with zero attached hydrogens (tertiary/aromatic N) is 2. The summed E-state index contributed by atoms with van der Waals surface area (Å²) in [6, 6.07) is 8.36. The molecule has 0 saturated carbocycles. The highest BCUT2D eigenvalue weighted by atomic mass is 32.1. The van der Waals surface area contributed by atoms with Crippen LogP contribution in [0.2, 0.25) is 0 Å². The third-order valence-electron chi connectivity index (χ3n) is 3.46. The Kier molecular flexibility index (Phi) is 4.13. The lowest BCUT2D eigenvalue weighted by Crippen LogP contribution is -2.25. The molecule has 0 aliphatic carbocycles. The van der Waals surface area contributed by atoms with E-state index in [1.807, 2.05) is 0 Å². The molecule has 1 amide bonds. The first-order valence-corrected chi connectivity index (χ1v) is 7.84. The Hall–Kier alpha value is -3.00. The maximum Gasteiger partial charge on any atom is 0.350 e. The first kappa shape index (κ1) is 15.9. The standard InChI is InChI=1S/C16H13N3O4S/c1-19-15(21)10-6-4-3-5-9(10)12(18-19)14(20)17-11-7-8-24-13(11)16(22)23-2/h3-8H,1-2H3,(H,17,20). The molecule has 2 aromatic heterocycles. The molecule has 1 N–H and O–H groups in total. The SMILES string of the molecule is COC(=O)c1sccc1NC(=O)c1nn(C)c(=O)c2ccccc12. The van der Waals surface area contributed by atoms with Crippen molar-refractivity contribution in [2.75, 3.05) is 12.4 Å². The minimum atomic E-state index is -0.529. The number of anilines is 1. The van der Waals surface area contributed by atoms with Gasteiger partial charge < -0.3 is 10.1 Å². The monoisotopic (exact) mass is 343 g/mol. The van der Waals surface area contributed by atoms with Crippen LogP contribution in [-0.2, 0) is 11.8 Å². The summed E-state index contributed by atoms with van der Waals surface area (Å²) in [5.74, 6) is -1.04. The summed E-state index contributed by atoms with van der Waals surface area (Å²) in [4.78, 5) is 36.7. The van der Waals surface area contributed by atoms with E-state index in [9.17, 15) is 14.4 Å². The minimum Gasteiger partial charge on any atom is -0.465 e. The van der Waals surface area contributed by atoms with Crippen molar-refractivity contribution in [3.8, 4) is 0 Å². The first-order valence-electron chi connectivity index (χ1n) is 6.96. The van der Waals surface area contributed by atoms with Crippen LogP contribution in [0.3, 0.4) is 0 Å². The number of rotatable bonds is 3. The molecule has 0 atom stereocenters. The third-order valence-corrected chi connectivity index (χ3v) is 4.35. The Morgan fingerprint density at radius 1 is 1.21 bits per heavy atom. The normalized spacial score (nSPS) is 10.6. The molecule has 0 unspecified atom stereocenters. The van der Waals surface area contributed by atoms with Gasteiger partial charge in [-0.25, -0.2) is 9.48 Å². The largest absolute Gasteiger partial charge is 0.465 e. The van der Waals surface area contributed by atoms with Gasteiger partial charge in [-0.3, -0.25) is 9.59 Å². The Morgan fingerprint density at radius 2 is 1.92 bits per heavy atom. The van der Waals surface area contributed by atoms with Crippen LogP contribution in [0.5, 0.6) is 0 Å². The number of aryl methyl sites for hydroxylation is 1. The van der Waals surface area contributed by atoms with Crippen LogP contribution >= 0.6 is 11.3 Å². The zero-order chi connectivity index (χ0) is 17.3. The molecule has 3 rings (SSSR count). The minimum absolute atomic E-state index is 0.106. The summed E-state index contributed by atoms with van der Waals surface area (Å²) in [6.45, 7) is 0. The van der Waals surface area contributed by atoms with Gasteiger partial charge in [0.05, 0.1) is 18.2 Å². The van der Waals surface area contributed by atoms with Crippen LogP contribution < -0.4 is 10.9 Å². The highest BCUT2D eigenvalue weighted by molar-refractivity contribution is 7.12. The lowest BCUT2D eigenvalue weighted by molar-refractivity contribution is 0.0607. The Balaban J connectivity index is 2.05. The number of carbonyl (C=O) groups excluding carboxylic acids is 2. The molecule has 0 radical (unpaired) electrons. The zero-order valence-corrected chi connectivity index (χ0v) is 13.7. The van der Waals surface area contributed by atoms with Crippen LogP contribution in [0.1, 0.15) is 20.2 Å². The number of fused-ring (bicyclic) bond motifs is 1. The van der Waals surface area contributed by atoms with Gasteiger partial charge in [-0.2, -0.15) is 5.10 Å². The highest BCUT2D eigenvalue weighted by Gasteiger charge is 2.19. The number of thiophene rings is 1. The van der Waals surface area contributed by atoms with Crippen LogP contribution in [0, 0.1) is 0 Å². The van der Waals surface area contributed by atoms with Crippen molar-refractivity contribution in [1.29, 1.82) is 0 Å². The number of benzene rings is 1. The summed E-state index contributed by atoms with van der Waals surface area (Å²) in [7, 11) is 2.76. The van der Waals surface area contributed by atoms with Crippen molar-refractivity contribution in [2.45, 2.75) is 0 Å². The molecule has 0 aliphatic rings. The van der Waals surface area contributed by atoms with Crippen molar-refractivity contribution in [1.82, 2.24) is 9.78 Å². The Morgan fingerprint density at radius 3 is 2.62 bits per heavy atom. The van der Waals surface area contributed by atoms with E-state index in [2.05, 4.69) is 15.2 Å². The van der Waals surface area contributed by atoms with Gasteiger partial charge in [-0.05, 0) is 17.5 Å². The van der Waals surface area contributed by atoms with Crippen molar-refractivity contribution < 1.29 is 14.3 Å². The molecule has 7 nitrogen and oxygen atoms in total. The third kappa shape index (κ3) is 2.67. The average molecular weight is 343 g/mol. The van der Waals surface area contributed by atoms with E-state index in [0.717, 1.165) is 16.0 Å². The number of carbonyl (C=O) groups is 2. The van der Waals surface area contributed by atoms with E-state index in [4.69, 9.17) is 0 Å². The number of ether oxygens (including phenoxy) is 1. The molecule has 0 spiro atoms. The summed E-state index contributed by atoms with van der Waals surface area (Å²) >= 11 is 1.16. The number of hydrogen-bond donors (Lipinski definition) is 1. The maximum atomic E-state index is 12.6. The number of hydrogen-bond acceptors (Lipinski definition) is 6. The van der Waals surface area contributed by atoms with Gasteiger partial charge in [0.2, 0.25) is 0 Å². The molecule has 8 heteroatoms. The number of amides is 1. The molecule has 122 valence electrons. The lowest BCUT2D eigenvalue weighted by atomic mass is 10.1. The van der Waals surface area contributed by atoms with Crippen LogP contribution in [-0.4, -0.2) is 28.8 Å². The first-order chi connectivity index (χ1) is 11.5. The van der Waals surface area contributed by atoms with Crippen molar-refractivity contribution in [3.05, 3.63) is 56.6 Å². The number of nitrogens with one attached hydrogen (secondary N) is 1. The van der Waals surface area contributed by atoms with Gasteiger partial charge in [0.25, 0.3) is 11.5 Å². The molecule has 1 aromatic carbocycles. The molecule has 0 saturated heterocycles. The zero-order valence-electron chi connectivity index (χ0n) is 12.9. The second-order valence-corrected chi connectivity index (χ2v) is 5.85. The fourth-order valence-electron chi connectivity index (χ4n) is 2.31. The van der Waals surface area contributed by atoms with Gasteiger partial charge in [0.15, 0.2) is 5.69 Å². The van der Waals surface area contributed by atoms with Gasteiger partial charge in [-0.1, -0.05) is 18.2 Å². The summed E-state index contributed by atoms with van der Waals surface area (Å²) in [5.41, 5.74) is 0.166. The smallest absolute Gasteiger partial charge is 0.350 e. The number of methoxy groups -OCH3 is 1. The van der Waals surface area contributed by atoms with Crippen LogP contribution in [0.4, 0.5) is 5.69 Å². The molecule has 2 heterocycles. The Labute approximate surface area is 140 Å². The van der Waals surface area contributed by atoms with E-state index < -0.39 is 11.9 Å². The molecule has 3 aromatic rings. The summed E-state index contributed by atoms with van der Waals surface area (Å²) in [6.07, 6.45) is 0. The van der Waals surface area contributed by atoms with E-state index in [1.165, 1.54) is 14.2 Å². The maximum absolute atomic E-state index is 12.6. The lowest BCUT2D eigenvalue weighted by Gasteiger charge is -2.09. The topological polar surface area (TPSA) is 90.3 Å². The molecule has 0 bridgehead atoms. The fraction of sp³-hybridized carbons (Fsp3) is 0.125. The second kappa shape index (κ2) is 6.25. The predicted octanol–water partition coefficient (Wildman–Crippen LogP) is 2.03. The fourth-order valence-corrected chi connectivity index (χ4v) is 3.07. The van der Waals surface area contributed by atoms with Gasteiger partial charge in [-0.15, -0.1) is 11.3 Å². The van der Waals surface area contributed by atoms with E-state index >= 15 is 0 Å². The van der Waals surface area contributed by atoms with Gasteiger partial charge in [0.1, 0.15) is 4.88 Å². The molecule has 24 heavy (non-hydrogen) atoms. The quantitative estimate of drug-likeness (QED) is 0.735. The van der Waals surface area contributed by atoms with Crippen molar-refractivity contribution in [2.24, 2.45) is 7.05 Å². The number of aromatic nitrogens is 2. The average Bonchev–Trinajstić information content (AvgIpc) is 3.05. The van der Waals surface area contributed by atoms with Crippen molar-refractivity contribution in [3.63, 3.8) is 0 Å². The van der Waals surface area contributed by atoms with Crippen molar-refractivity contribution >= 4 is 39.7 Å². The molecule has 0 aliphatic heterocycles. The van der Waals surface area contributed by atoms with Gasteiger partial charge in [0, 0.05) is 12.4 Å². The molecular weight excluding hydrogens is 330 g/mol. The van der Waals surface area contributed by atoms with Crippen LogP contribution in [0.25, 0.3) is 10.8 Å². The summed E-state index contributed by atoms with van der Waals surface area (Å²) < 4.78 is 5.80. The number of esters is 1. The van der Waals surface area contributed by atoms with E-state index in [0.29, 0.717) is 21.3 Å². The van der Waals surface area contributed by atoms with E-state index in [-0.39, 0.29) is 11.3 Å². The van der Waals surface area contributed by atoms with Crippen LogP contribution in [0.15, 0.2) is 40.5 Å². The molecular formula is C16H13N3O4S. The summed E-state index contributed by atoms with van der Waals surface area (Å²) in [5, 5.41) is 9.24. The van der Waals surface area contributed by atoms with Gasteiger partial charge >= 0.3 is 5.97 Å². The predicted molar refractivity (Wildman–Crippen MR) is 90.6 cm³/mol. The molecule has 0 fully saturated rings.